The van der Waals surface area contributed by atoms with E-state index in [4.69, 9.17) is 21.4 Å². The molecule has 0 saturated heterocycles. The molecule has 2 rings (SSSR count). The lowest BCUT2D eigenvalue weighted by Crippen LogP contribution is -2.02. The Morgan fingerprint density at radius 1 is 1.58 bits per heavy atom. The summed E-state index contributed by atoms with van der Waals surface area (Å²) in [6.45, 7) is 0. The van der Waals surface area contributed by atoms with E-state index < -0.39 is 5.97 Å². The van der Waals surface area contributed by atoms with Gasteiger partial charge < -0.3 is 9.84 Å². The summed E-state index contributed by atoms with van der Waals surface area (Å²) in [5, 5.41) is 17.4. The highest BCUT2D eigenvalue weighted by atomic mass is 35.5. The molecule has 100 valence electrons. The average Bonchev–Trinajstić information content (AvgIpc) is 2.84. The zero-order valence-corrected chi connectivity index (χ0v) is 11.5. The maximum atomic E-state index is 10.6. The van der Waals surface area contributed by atoms with Crippen LogP contribution in [0.5, 0.6) is 5.75 Å². The number of benzene rings is 1. The van der Waals surface area contributed by atoms with Crippen LogP contribution in [0.4, 0.5) is 0 Å². The zero-order chi connectivity index (χ0) is 13.8. The van der Waals surface area contributed by atoms with E-state index in [-0.39, 0.29) is 5.75 Å². The number of ether oxygens (including phenoxy) is 1. The maximum absolute atomic E-state index is 10.6. The lowest BCUT2D eigenvalue weighted by atomic mass is 10.3. The molecule has 0 unspecified atom stereocenters. The molecule has 1 aromatic heterocycles. The number of aliphatic carboxylic acids is 1. The lowest BCUT2D eigenvalue weighted by Gasteiger charge is -2.10. The molecule has 0 spiro atoms. The predicted octanol–water partition coefficient (Wildman–Crippen LogP) is 2.11. The number of halogens is 1. The standard InChI is InChI=1S/C11H10ClN3O3S/c1-18-9-3-2-7(12)4-8(9)15-6-13-14-11(15)19-5-10(16)17/h2-4,6H,5H2,1H3,(H,16,17). The Labute approximate surface area is 118 Å². The van der Waals surface area contributed by atoms with Crippen LogP contribution in [-0.2, 0) is 4.79 Å². The molecule has 1 heterocycles. The van der Waals surface area contributed by atoms with Crippen LogP contribution in [0.3, 0.4) is 0 Å². The summed E-state index contributed by atoms with van der Waals surface area (Å²) in [4.78, 5) is 10.6. The van der Waals surface area contributed by atoms with E-state index in [0.29, 0.717) is 21.6 Å². The van der Waals surface area contributed by atoms with Crippen molar-refractivity contribution in [1.82, 2.24) is 14.8 Å². The summed E-state index contributed by atoms with van der Waals surface area (Å²) in [6, 6.07) is 5.14. The van der Waals surface area contributed by atoms with Gasteiger partial charge in [0.25, 0.3) is 0 Å². The van der Waals surface area contributed by atoms with Crippen molar-refractivity contribution in [3.8, 4) is 11.4 Å². The van der Waals surface area contributed by atoms with Crippen molar-refractivity contribution in [1.29, 1.82) is 0 Å². The number of aromatic nitrogens is 3. The van der Waals surface area contributed by atoms with Gasteiger partial charge in [-0.05, 0) is 18.2 Å². The van der Waals surface area contributed by atoms with Gasteiger partial charge in [-0.25, -0.2) is 0 Å². The Bertz CT molecular complexity index is 603. The van der Waals surface area contributed by atoms with E-state index in [1.807, 2.05) is 0 Å². The van der Waals surface area contributed by atoms with Gasteiger partial charge in [-0.3, -0.25) is 9.36 Å². The molecule has 6 nitrogen and oxygen atoms in total. The number of hydrogen-bond donors (Lipinski definition) is 1. The predicted molar refractivity (Wildman–Crippen MR) is 71.3 cm³/mol. The third-order valence-electron chi connectivity index (χ3n) is 2.24. The van der Waals surface area contributed by atoms with Crippen LogP contribution in [0.1, 0.15) is 0 Å². The van der Waals surface area contributed by atoms with E-state index in [1.54, 1.807) is 29.9 Å². The van der Waals surface area contributed by atoms with Crippen LogP contribution in [0.2, 0.25) is 5.02 Å². The molecule has 0 aliphatic heterocycles. The second-order valence-electron chi connectivity index (χ2n) is 3.48. The topological polar surface area (TPSA) is 77.2 Å². The summed E-state index contributed by atoms with van der Waals surface area (Å²) in [5.74, 6) is -0.416. The van der Waals surface area contributed by atoms with Crippen molar-refractivity contribution < 1.29 is 14.6 Å². The van der Waals surface area contributed by atoms with E-state index in [1.165, 1.54) is 6.33 Å². The van der Waals surface area contributed by atoms with Crippen LogP contribution < -0.4 is 4.74 Å². The Balaban J connectivity index is 2.39. The van der Waals surface area contributed by atoms with Crippen molar-refractivity contribution >= 4 is 29.3 Å². The molecule has 0 aliphatic rings. The summed E-state index contributed by atoms with van der Waals surface area (Å²) >= 11 is 7.03. The van der Waals surface area contributed by atoms with Crippen molar-refractivity contribution in [2.24, 2.45) is 0 Å². The average molecular weight is 300 g/mol. The molecule has 0 atom stereocenters. The highest BCUT2D eigenvalue weighted by molar-refractivity contribution is 7.99. The number of rotatable bonds is 5. The molecule has 0 radical (unpaired) electrons. The quantitative estimate of drug-likeness (QED) is 0.852. The highest BCUT2D eigenvalue weighted by Gasteiger charge is 2.13. The van der Waals surface area contributed by atoms with Crippen molar-refractivity contribution in [2.75, 3.05) is 12.9 Å². The van der Waals surface area contributed by atoms with Crippen molar-refractivity contribution in [3.05, 3.63) is 29.5 Å². The molecule has 1 N–H and O–H groups in total. The molecule has 0 amide bonds. The van der Waals surface area contributed by atoms with Crippen LogP contribution in [-0.4, -0.2) is 38.7 Å². The second-order valence-corrected chi connectivity index (χ2v) is 4.86. The maximum Gasteiger partial charge on any atom is 0.313 e. The van der Waals surface area contributed by atoms with E-state index in [9.17, 15) is 4.79 Å². The van der Waals surface area contributed by atoms with E-state index in [2.05, 4.69) is 10.2 Å². The van der Waals surface area contributed by atoms with Crippen LogP contribution in [0.15, 0.2) is 29.7 Å². The Morgan fingerprint density at radius 3 is 3.05 bits per heavy atom. The van der Waals surface area contributed by atoms with Gasteiger partial charge in [-0.1, -0.05) is 23.4 Å². The van der Waals surface area contributed by atoms with Crippen LogP contribution >= 0.6 is 23.4 Å². The highest BCUT2D eigenvalue weighted by Crippen LogP contribution is 2.29. The number of carboxylic acid groups (broad SMARTS) is 1. The van der Waals surface area contributed by atoms with Gasteiger partial charge in [0.1, 0.15) is 12.1 Å². The molecule has 2 aromatic rings. The number of methoxy groups -OCH3 is 1. The SMILES string of the molecule is COc1ccc(Cl)cc1-n1cnnc1SCC(=O)O. The molecule has 0 bridgehead atoms. The molecular weight excluding hydrogens is 290 g/mol. The third-order valence-corrected chi connectivity index (χ3v) is 3.40. The normalized spacial score (nSPS) is 10.4. The summed E-state index contributed by atoms with van der Waals surface area (Å²) in [6.07, 6.45) is 1.48. The van der Waals surface area contributed by atoms with Crippen molar-refractivity contribution in [2.45, 2.75) is 5.16 Å². The molecule has 19 heavy (non-hydrogen) atoms. The van der Waals surface area contributed by atoms with Gasteiger partial charge in [-0.15, -0.1) is 10.2 Å². The first-order chi connectivity index (χ1) is 9.11. The Morgan fingerprint density at radius 2 is 2.37 bits per heavy atom. The second kappa shape index (κ2) is 5.94. The van der Waals surface area contributed by atoms with Gasteiger partial charge >= 0.3 is 5.97 Å². The van der Waals surface area contributed by atoms with Gasteiger partial charge in [0.05, 0.1) is 18.6 Å². The van der Waals surface area contributed by atoms with Crippen LogP contribution in [0, 0.1) is 0 Å². The monoisotopic (exact) mass is 299 g/mol. The molecule has 0 fully saturated rings. The molecule has 0 aliphatic carbocycles. The first-order valence-electron chi connectivity index (χ1n) is 5.20. The first-order valence-corrected chi connectivity index (χ1v) is 6.56. The number of carbonyl (C=O) groups is 1. The minimum atomic E-state index is -0.919. The largest absolute Gasteiger partial charge is 0.495 e. The fourth-order valence-electron chi connectivity index (χ4n) is 1.47. The minimum absolute atomic E-state index is 0.0957. The van der Waals surface area contributed by atoms with Gasteiger partial charge in [0.2, 0.25) is 0 Å². The fraction of sp³-hybridized carbons (Fsp3) is 0.182. The molecular formula is C11H10ClN3O3S. The number of carboxylic acids is 1. The Kier molecular flexibility index (Phi) is 4.28. The summed E-state index contributed by atoms with van der Waals surface area (Å²) in [7, 11) is 1.54. The molecule has 8 heteroatoms. The number of hydrogen-bond acceptors (Lipinski definition) is 5. The molecule has 1 aromatic carbocycles. The summed E-state index contributed by atoms with van der Waals surface area (Å²) < 4.78 is 6.88. The smallest absolute Gasteiger partial charge is 0.313 e. The van der Waals surface area contributed by atoms with Crippen LogP contribution in [0.25, 0.3) is 5.69 Å². The summed E-state index contributed by atoms with van der Waals surface area (Å²) in [5.41, 5.74) is 0.660. The van der Waals surface area contributed by atoms with Crippen molar-refractivity contribution in [3.63, 3.8) is 0 Å². The van der Waals surface area contributed by atoms with E-state index >= 15 is 0 Å². The van der Waals surface area contributed by atoms with Gasteiger partial charge in [0, 0.05) is 5.02 Å². The van der Waals surface area contributed by atoms with Gasteiger partial charge in [0.15, 0.2) is 5.16 Å². The number of nitrogens with zero attached hydrogens (tertiary/aromatic N) is 3. The minimum Gasteiger partial charge on any atom is -0.495 e. The van der Waals surface area contributed by atoms with E-state index in [0.717, 1.165) is 11.8 Å². The fourth-order valence-corrected chi connectivity index (χ4v) is 2.27. The lowest BCUT2D eigenvalue weighted by molar-refractivity contribution is -0.133. The first kappa shape index (κ1) is 13.7. The zero-order valence-electron chi connectivity index (χ0n) is 9.91. The molecule has 0 saturated carbocycles. The van der Waals surface area contributed by atoms with Gasteiger partial charge in [-0.2, -0.15) is 0 Å². The third kappa shape index (κ3) is 3.18. The Hall–Kier alpha value is -1.73. The number of thioether (sulfide) groups is 1.